The molecule has 2 rings (SSSR count). The number of nitrogens with one attached hydrogen (secondary N) is 1. The van der Waals surface area contributed by atoms with E-state index in [4.69, 9.17) is 0 Å². The van der Waals surface area contributed by atoms with Crippen molar-refractivity contribution in [2.45, 2.75) is 18.9 Å². The maximum Gasteiger partial charge on any atom is 0.386 e. The molecule has 1 N–H and O–H groups in total. The van der Waals surface area contributed by atoms with E-state index in [1.165, 1.54) is 12.6 Å². The molecule has 0 bridgehead atoms. The number of aromatic nitrogens is 1. The van der Waals surface area contributed by atoms with Gasteiger partial charge in [-0.3, -0.25) is 0 Å². The second kappa shape index (κ2) is 5.09. The van der Waals surface area contributed by atoms with Gasteiger partial charge in [-0.1, -0.05) is 0 Å². The summed E-state index contributed by atoms with van der Waals surface area (Å²) in [5.41, 5.74) is 0.498. The highest BCUT2D eigenvalue weighted by Gasteiger charge is 2.22. The Hall–Kier alpha value is -1.69. The van der Waals surface area contributed by atoms with Gasteiger partial charge in [0.1, 0.15) is 11.9 Å². The number of anilines is 1. The fraction of sp³-hybridized carbons (Fsp3) is 0.545. The Labute approximate surface area is 99.8 Å². The molecule has 0 saturated carbocycles. The fourth-order valence-electron chi connectivity index (χ4n) is 2.15. The molecule has 0 amide bonds. The van der Waals surface area contributed by atoms with Gasteiger partial charge < -0.3 is 20.3 Å². The van der Waals surface area contributed by atoms with Gasteiger partial charge >= 0.3 is 5.82 Å². The first-order valence-corrected chi connectivity index (χ1v) is 5.72. The van der Waals surface area contributed by atoms with Crippen LogP contribution in [-0.2, 0) is 0 Å². The predicted molar refractivity (Wildman–Crippen MR) is 65.0 cm³/mol. The molecule has 17 heavy (non-hydrogen) atoms. The summed E-state index contributed by atoms with van der Waals surface area (Å²) in [6.45, 7) is 1.82. The molecule has 1 aromatic rings. The van der Waals surface area contributed by atoms with E-state index in [1.54, 1.807) is 12.1 Å². The van der Waals surface area contributed by atoms with Crippen molar-refractivity contribution in [1.29, 1.82) is 0 Å². The lowest BCUT2D eigenvalue weighted by Crippen LogP contribution is -2.31. The van der Waals surface area contributed by atoms with Crippen molar-refractivity contribution >= 4 is 11.5 Å². The Morgan fingerprint density at radius 2 is 2.53 bits per heavy atom. The van der Waals surface area contributed by atoms with E-state index >= 15 is 0 Å². The van der Waals surface area contributed by atoms with Gasteiger partial charge in [0.15, 0.2) is 0 Å². The van der Waals surface area contributed by atoms with Gasteiger partial charge in [0.2, 0.25) is 0 Å². The highest BCUT2D eigenvalue weighted by Crippen LogP contribution is 2.21. The number of hydrogen-bond donors (Lipinski definition) is 1. The van der Waals surface area contributed by atoms with Crippen molar-refractivity contribution in [3.05, 3.63) is 28.4 Å². The molecule has 1 saturated heterocycles. The first-order valence-electron chi connectivity index (χ1n) is 5.72. The van der Waals surface area contributed by atoms with E-state index in [2.05, 4.69) is 22.2 Å². The minimum Gasteiger partial charge on any atom is -0.377 e. The summed E-state index contributed by atoms with van der Waals surface area (Å²) in [6.07, 6.45) is 3.76. The van der Waals surface area contributed by atoms with Gasteiger partial charge in [-0.15, -0.1) is 0 Å². The molecule has 0 aromatic carbocycles. The highest BCUT2D eigenvalue weighted by atomic mass is 16.6. The zero-order valence-corrected chi connectivity index (χ0v) is 9.80. The van der Waals surface area contributed by atoms with Crippen LogP contribution in [0.2, 0.25) is 0 Å². The number of rotatable bonds is 4. The lowest BCUT2D eigenvalue weighted by molar-refractivity contribution is -0.388. The topological polar surface area (TPSA) is 71.3 Å². The fourth-order valence-corrected chi connectivity index (χ4v) is 2.15. The number of likely N-dealkylation sites (tertiary alicyclic amines) is 1. The van der Waals surface area contributed by atoms with Gasteiger partial charge in [0.25, 0.3) is 0 Å². The van der Waals surface area contributed by atoms with Gasteiger partial charge in [-0.2, -0.15) is 0 Å². The number of hydrogen-bond acceptors (Lipinski definition) is 5. The molecule has 6 heteroatoms. The third kappa shape index (κ3) is 2.71. The molecule has 1 aliphatic heterocycles. The Morgan fingerprint density at radius 1 is 1.71 bits per heavy atom. The van der Waals surface area contributed by atoms with Gasteiger partial charge in [-0.05, 0) is 48.5 Å². The first-order chi connectivity index (χ1) is 8.18. The standard InChI is InChI=1S/C11H16N4O2/c1-14-7-3-4-9(14)8-13-10-5-2-6-12-11(10)15(16)17/h2,5-6,9,13H,3-4,7-8H2,1H3. The van der Waals surface area contributed by atoms with Crippen LogP contribution in [0, 0.1) is 10.1 Å². The molecule has 1 aliphatic rings. The molecule has 0 spiro atoms. The summed E-state index contributed by atoms with van der Waals surface area (Å²) in [6, 6.07) is 3.85. The average Bonchev–Trinajstić information content (AvgIpc) is 2.72. The third-order valence-electron chi connectivity index (χ3n) is 3.16. The monoisotopic (exact) mass is 236 g/mol. The Bertz CT molecular complexity index is 410. The van der Waals surface area contributed by atoms with Crippen molar-refractivity contribution in [2.24, 2.45) is 0 Å². The number of pyridine rings is 1. The Kier molecular flexibility index (Phi) is 3.53. The first kappa shape index (κ1) is 11.8. The molecule has 2 heterocycles. The van der Waals surface area contributed by atoms with Crippen LogP contribution in [0.3, 0.4) is 0 Å². The van der Waals surface area contributed by atoms with E-state index in [9.17, 15) is 10.1 Å². The Balaban J connectivity index is 2.01. The maximum absolute atomic E-state index is 10.8. The predicted octanol–water partition coefficient (Wildman–Crippen LogP) is 1.50. The number of nitrogens with zero attached hydrogens (tertiary/aromatic N) is 3. The van der Waals surface area contributed by atoms with Crippen LogP contribution in [0.5, 0.6) is 0 Å². The normalized spacial score (nSPS) is 20.4. The average molecular weight is 236 g/mol. The lowest BCUT2D eigenvalue weighted by Gasteiger charge is -2.19. The van der Waals surface area contributed by atoms with Crippen LogP contribution in [-0.4, -0.2) is 41.0 Å². The molecular weight excluding hydrogens is 220 g/mol. The van der Waals surface area contributed by atoms with Crippen molar-refractivity contribution in [2.75, 3.05) is 25.5 Å². The van der Waals surface area contributed by atoms with Crippen LogP contribution < -0.4 is 5.32 Å². The summed E-state index contributed by atoms with van der Waals surface area (Å²) in [5.74, 6) is -0.104. The molecule has 0 radical (unpaired) electrons. The van der Waals surface area contributed by atoms with Crippen LogP contribution >= 0.6 is 0 Å². The summed E-state index contributed by atoms with van der Waals surface area (Å²) in [5, 5.41) is 13.9. The van der Waals surface area contributed by atoms with E-state index in [0.717, 1.165) is 19.5 Å². The molecule has 1 unspecified atom stereocenters. The largest absolute Gasteiger partial charge is 0.386 e. The van der Waals surface area contributed by atoms with Gasteiger partial charge in [0.05, 0.1) is 0 Å². The number of nitro groups is 1. The number of likely N-dealkylation sites (N-methyl/N-ethyl adjacent to an activating group) is 1. The highest BCUT2D eigenvalue weighted by molar-refractivity contribution is 5.56. The summed E-state index contributed by atoms with van der Waals surface area (Å²) >= 11 is 0. The van der Waals surface area contributed by atoms with Crippen LogP contribution in [0.1, 0.15) is 12.8 Å². The summed E-state index contributed by atoms with van der Waals surface area (Å²) in [7, 11) is 2.08. The minimum absolute atomic E-state index is 0.104. The second-order valence-corrected chi connectivity index (χ2v) is 4.29. The summed E-state index contributed by atoms with van der Waals surface area (Å²) < 4.78 is 0. The van der Waals surface area contributed by atoms with Gasteiger partial charge in [-0.25, -0.2) is 0 Å². The van der Waals surface area contributed by atoms with Crippen LogP contribution in [0.15, 0.2) is 18.3 Å². The van der Waals surface area contributed by atoms with Crippen molar-refractivity contribution in [3.63, 3.8) is 0 Å². The van der Waals surface area contributed by atoms with E-state index < -0.39 is 4.92 Å². The molecule has 0 aliphatic carbocycles. The quantitative estimate of drug-likeness (QED) is 0.633. The summed E-state index contributed by atoms with van der Waals surface area (Å²) in [4.78, 5) is 16.4. The molecule has 1 aromatic heterocycles. The minimum atomic E-state index is -0.458. The second-order valence-electron chi connectivity index (χ2n) is 4.29. The molecule has 92 valence electrons. The van der Waals surface area contributed by atoms with Crippen LogP contribution in [0.25, 0.3) is 0 Å². The third-order valence-corrected chi connectivity index (χ3v) is 3.16. The molecular formula is C11H16N4O2. The zero-order chi connectivity index (χ0) is 12.3. The maximum atomic E-state index is 10.8. The SMILES string of the molecule is CN1CCCC1CNc1cccnc1[N+](=O)[O-]. The van der Waals surface area contributed by atoms with Gasteiger partial charge in [0, 0.05) is 12.6 Å². The molecule has 1 atom stereocenters. The molecule has 1 fully saturated rings. The lowest BCUT2D eigenvalue weighted by atomic mass is 10.2. The van der Waals surface area contributed by atoms with Crippen molar-refractivity contribution in [3.8, 4) is 0 Å². The Morgan fingerprint density at radius 3 is 3.18 bits per heavy atom. The van der Waals surface area contributed by atoms with Crippen molar-refractivity contribution in [1.82, 2.24) is 9.88 Å². The van der Waals surface area contributed by atoms with Crippen molar-refractivity contribution < 1.29 is 4.92 Å². The van der Waals surface area contributed by atoms with E-state index in [0.29, 0.717) is 11.7 Å². The zero-order valence-electron chi connectivity index (χ0n) is 9.80. The van der Waals surface area contributed by atoms with Crippen LogP contribution in [0.4, 0.5) is 11.5 Å². The van der Waals surface area contributed by atoms with E-state index in [-0.39, 0.29) is 5.82 Å². The smallest absolute Gasteiger partial charge is 0.377 e. The van der Waals surface area contributed by atoms with E-state index in [1.807, 2.05) is 0 Å². The molecule has 6 nitrogen and oxygen atoms in total.